The van der Waals surface area contributed by atoms with Gasteiger partial charge in [0.15, 0.2) is 0 Å². The Morgan fingerprint density at radius 2 is 2.04 bits per heavy atom. The Labute approximate surface area is 141 Å². The van der Waals surface area contributed by atoms with Crippen molar-refractivity contribution in [2.75, 3.05) is 7.11 Å². The van der Waals surface area contributed by atoms with E-state index in [1.54, 1.807) is 7.11 Å². The van der Waals surface area contributed by atoms with E-state index in [1.165, 1.54) is 10.9 Å². The topological polar surface area (TPSA) is 54.1 Å². The summed E-state index contributed by atoms with van der Waals surface area (Å²) in [7, 11) is 1.64. The number of hydrogen-bond donors (Lipinski definition) is 2. The van der Waals surface area contributed by atoms with E-state index in [9.17, 15) is 4.79 Å². The average molecular weight is 322 g/mol. The van der Waals surface area contributed by atoms with Crippen LogP contribution in [0.15, 0.2) is 54.7 Å². The molecule has 3 aromatic rings. The molecule has 0 aliphatic rings. The van der Waals surface area contributed by atoms with Crippen LogP contribution in [0, 0.1) is 5.92 Å². The first-order valence-corrected chi connectivity index (χ1v) is 8.13. The van der Waals surface area contributed by atoms with Crippen LogP contribution in [0.5, 0.6) is 5.75 Å². The summed E-state index contributed by atoms with van der Waals surface area (Å²) in [6.07, 6.45) is 2.71. The fraction of sp³-hybridized carbons (Fsp3) is 0.250. The Morgan fingerprint density at radius 1 is 1.21 bits per heavy atom. The molecule has 0 saturated carbocycles. The van der Waals surface area contributed by atoms with Crippen molar-refractivity contribution in [1.82, 2.24) is 10.3 Å². The number of rotatable bonds is 6. The van der Waals surface area contributed by atoms with Gasteiger partial charge < -0.3 is 15.0 Å². The fourth-order valence-corrected chi connectivity index (χ4v) is 2.87. The van der Waals surface area contributed by atoms with E-state index in [2.05, 4.69) is 16.4 Å². The van der Waals surface area contributed by atoms with Crippen LogP contribution >= 0.6 is 0 Å². The van der Waals surface area contributed by atoms with E-state index in [1.807, 2.05) is 55.6 Å². The van der Waals surface area contributed by atoms with Crippen molar-refractivity contribution >= 4 is 16.8 Å². The number of carbonyl (C=O) groups excluding carboxylic acids is 1. The van der Waals surface area contributed by atoms with Gasteiger partial charge in [0, 0.05) is 29.6 Å². The quantitative estimate of drug-likeness (QED) is 0.727. The molecule has 24 heavy (non-hydrogen) atoms. The highest BCUT2D eigenvalue weighted by atomic mass is 16.5. The van der Waals surface area contributed by atoms with Crippen molar-refractivity contribution < 1.29 is 9.53 Å². The van der Waals surface area contributed by atoms with E-state index >= 15 is 0 Å². The molecule has 0 spiro atoms. The van der Waals surface area contributed by atoms with Gasteiger partial charge in [-0.05, 0) is 35.7 Å². The zero-order valence-corrected chi connectivity index (χ0v) is 14.0. The fourth-order valence-electron chi connectivity index (χ4n) is 2.87. The number of ether oxygens (including phenoxy) is 1. The first-order valence-electron chi connectivity index (χ1n) is 8.13. The Morgan fingerprint density at radius 3 is 2.88 bits per heavy atom. The summed E-state index contributed by atoms with van der Waals surface area (Å²) in [5.41, 5.74) is 3.31. The van der Waals surface area contributed by atoms with E-state index in [0.717, 1.165) is 16.8 Å². The monoisotopic (exact) mass is 322 g/mol. The van der Waals surface area contributed by atoms with Gasteiger partial charge in [-0.1, -0.05) is 37.3 Å². The zero-order chi connectivity index (χ0) is 16.9. The molecule has 1 amide bonds. The van der Waals surface area contributed by atoms with Crippen LogP contribution in [0.2, 0.25) is 0 Å². The SMILES string of the molecule is COc1cccc(CNC(=O)C(C)Cc2c[nH]c3ccccc23)c1. The molecular formula is C20H22N2O2. The number of aromatic nitrogens is 1. The van der Waals surface area contributed by atoms with E-state index in [4.69, 9.17) is 4.74 Å². The number of fused-ring (bicyclic) bond motifs is 1. The lowest BCUT2D eigenvalue weighted by Crippen LogP contribution is -2.29. The Bertz CT molecular complexity index is 838. The summed E-state index contributed by atoms with van der Waals surface area (Å²) in [5.74, 6) is 0.770. The van der Waals surface area contributed by atoms with Gasteiger partial charge in [-0.2, -0.15) is 0 Å². The molecule has 1 unspecified atom stereocenters. The lowest BCUT2D eigenvalue weighted by Gasteiger charge is -2.12. The van der Waals surface area contributed by atoms with Crippen molar-refractivity contribution in [3.05, 3.63) is 65.9 Å². The van der Waals surface area contributed by atoms with Crippen LogP contribution in [0.3, 0.4) is 0 Å². The van der Waals surface area contributed by atoms with Crippen LogP contribution in [-0.4, -0.2) is 18.0 Å². The molecule has 3 rings (SSSR count). The summed E-state index contributed by atoms with van der Waals surface area (Å²) in [4.78, 5) is 15.6. The predicted octanol–water partition coefficient (Wildman–Crippen LogP) is 3.67. The first kappa shape index (κ1) is 16.1. The van der Waals surface area contributed by atoms with Gasteiger partial charge in [-0.25, -0.2) is 0 Å². The molecule has 1 heterocycles. The average Bonchev–Trinajstić information content (AvgIpc) is 3.03. The number of aromatic amines is 1. The molecule has 0 aliphatic heterocycles. The largest absolute Gasteiger partial charge is 0.497 e. The van der Waals surface area contributed by atoms with Crippen LogP contribution in [0.1, 0.15) is 18.1 Å². The first-order chi connectivity index (χ1) is 11.7. The highest BCUT2D eigenvalue weighted by molar-refractivity contribution is 5.84. The normalized spacial score (nSPS) is 12.1. The molecular weight excluding hydrogens is 300 g/mol. The summed E-state index contributed by atoms with van der Waals surface area (Å²) >= 11 is 0. The Kier molecular flexibility index (Phi) is 4.85. The van der Waals surface area contributed by atoms with Gasteiger partial charge in [0.1, 0.15) is 5.75 Å². The second kappa shape index (κ2) is 7.21. The lowest BCUT2D eigenvalue weighted by atomic mass is 10.00. The van der Waals surface area contributed by atoms with Gasteiger partial charge in [0.05, 0.1) is 7.11 Å². The van der Waals surface area contributed by atoms with E-state index in [0.29, 0.717) is 13.0 Å². The number of benzene rings is 2. The molecule has 4 heteroatoms. The Balaban J connectivity index is 1.60. The zero-order valence-electron chi connectivity index (χ0n) is 14.0. The molecule has 1 atom stereocenters. The number of H-pyrrole nitrogens is 1. The number of hydrogen-bond acceptors (Lipinski definition) is 2. The molecule has 0 fully saturated rings. The smallest absolute Gasteiger partial charge is 0.223 e. The number of amides is 1. The summed E-state index contributed by atoms with van der Waals surface area (Å²) in [5, 5.41) is 4.19. The number of para-hydroxylation sites is 1. The van der Waals surface area contributed by atoms with Crippen LogP contribution in [-0.2, 0) is 17.8 Å². The molecule has 1 aromatic heterocycles. The number of carbonyl (C=O) groups is 1. The number of methoxy groups -OCH3 is 1. The Hall–Kier alpha value is -2.75. The minimum Gasteiger partial charge on any atom is -0.497 e. The predicted molar refractivity (Wildman–Crippen MR) is 96.0 cm³/mol. The van der Waals surface area contributed by atoms with Gasteiger partial charge in [0.2, 0.25) is 5.91 Å². The van der Waals surface area contributed by atoms with Gasteiger partial charge in [0.25, 0.3) is 0 Å². The van der Waals surface area contributed by atoms with Gasteiger partial charge in [-0.3, -0.25) is 4.79 Å². The highest BCUT2D eigenvalue weighted by Gasteiger charge is 2.15. The highest BCUT2D eigenvalue weighted by Crippen LogP contribution is 2.21. The maximum Gasteiger partial charge on any atom is 0.223 e. The lowest BCUT2D eigenvalue weighted by molar-refractivity contribution is -0.124. The van der Waals surface area contributed by atoms with Crippen molar-refractivity contribution in [1.29, 1.82) is 0 Å². The molecule has 0 saturated heterocycles. The third kappa shape index (κ3) is 3.59. The van der Waals surface area contributed by atoms with Gasteiger partial charge >= 0.3 is 0 Å². The molecule has 2 N–H and O–H groups in total. The molecule has 0 radical (unpaired) electrons. The minimum atomic E-state index is -0.0881. The van der Waals surface area contributed by atoms with E-state index in [-0.39, 0.29) is 11.8 Å². The second-order valence-electron chi connectivity index (χ2n) is 6.03. The molecule has 0 aliphatic carbocycles. The maximum absolute atomic E-state index is 12.4. The number of nitrogens with one attached hydrogen (secondary N) is 2. The third-order valence-electron chi connectivity index (χ3n) is 4.25. The van der Waals surface area contributed by atoms with Crippen molar-refractivity contribution in [3.8, 4) is 5.75 Å². The van der Waals surface area contributed by atoms with Crippen LogP contribution in [0.4, 0.5) is 0 Å². The maximum atomic E-state index is 12.4. The van der Waals surface area contributed by atoms with Crippen LogP contribution < -0.4 is 10.1 Å². The summed E-state index contributed by atoms with van der Waals surface area (Å²) < 4.78 is 5.20. The third-order valence-corrected chi connectivity index (χ3v) is 4.25. The van der Waals surface area contributed by atoms with Crippen molar-refractivity contribution in [2.45, 2.75) is 19.9 Å². The summed E-state index contributed by atoms with van der Waals surface area (Å²) in [6, 6.07) is 15.9. The molecule has 2 aromatic carbocycles. The standard InChI is InChI=1S/C20H22N2O2/c1-14(10-16-13-21-19-9-4-3-8-18(16)19)20(23)22-12-15-6-5-7-17(11-15)24-2/h3-9,11,13-14,21H,10,12H2,1-2H3,(H,22,23). The van der Waals surface area contributed by atoms with Gasteiger partial charge in [-0.15, -0.1) is 0 Å². The van der Waals surface area contributed by atoms with Crippen molar-refractivity contribution in [2.24, 2.45) is 5.92 Å². The molecule has 4 nitrogen and oxygen atoms in total. The van der Waals surface area contributed by atoms with Crippen LogP contribution in [0.25, 0.3) is 10.9 Å². The van der Waals surface area contributed by atoms with E-state index < -0.39 is 0 Å². The van der Waals surface area contributed by atoms with Crippen molar-refractivity contribution in [3.63, 3.8) is 0 Å². The molecule has 124 valence electrons. The minimum absolute atomic E-state index is 0.0584. The second-order valence-corrected chi connectivity index (χ2v) is 6.03. The summed E-state index contributed by atoms with van der Waals surface area (Å²) in [6.45, 7) is 2.47. The molecule has 0 bridgehead atoms.